The lowest BCUT2D eigenvalue weighted by atomic mass is 10.1. The number of hydrogen-bond donors (Lipinski definition) is 2. The van der Waals surface area contributed by atoms with E-state index in [-0.39, 0.29) is 35.7 Å². The molecule has 0 saturated heterocycles. The van der Waals surface area contributed by atoms with Crippen LogP contribution in [0, 0.1) is 0 Å². The summed E-state index contributed by atoms with van der Waals surface area (Å²) in [6.07, 6.45) is 29.5. The van der Waals surface area contributed by atoms with Gasteiger partial charge in [-0.1, -0.05) is 156 Å². The third kappa shape index (κ3) is 16.1. The van der Waals surface area contributed by atoms with Crippen LogP contribution in [0.1, 0.15) is 182 Å². The van der Waals surface area contributed by atoms with E-state index >= 15 is 0 Å². The fourth-order valence-corrected chi connectivity index (χ4v) is 8.05. The standard InChI is InChI=1S/C48H78N4O6/c1-5-9-13-17-21-25-29-49(30-26-22-18-14-10-6-2)45(55)37-51-35-43(53)47(57)39-33-40-42(34-41(39)51)52(36-44(54)48(40)58)38-46(56)50(31-27-23-19-15-11-7-3)32-28-24-20-16-12-8-4/h33-36,53-54H,5-32,37-38H2,1-4H3. The van der Waals surface area contributed by atoms with Gasteiger partial charge in [0.25, 0.3) is 0 Å². The van der Waals surface area contributed by atoms with Gasteiger partial charge >= 0.3 is 0 Å². The first kappa shape index (κ1) is 48.5. The molecule has 0 radical (unpaired) electrons. The minimum atomic E-state index is -0.661. The minimum Gasteiger partial charge on any atom is -0.503 e. The number of aromatic nitrogens is 2. The van der Waals surface area contributed by atoms with E-state index < -0.39 is 22.4 Å². The fraction of sp³-hybridized carbons (Fsp3) is 0.708. The van der Waals surface area contributed by atoms with Crippen LogP contribution < -0.4 is 10.9 Å². The molecule has 326 valence electrons. The van der Waals surface area contributed by atoms with E-state index in [0.717, 1.165) is 77.0 Å². The highest BCUT2D eigenvalue weighted by Crippen LogP contribution is 2.24. The van der Waals surface area contributed by atoms with E-state index in [9.17, 15) is 29.4 Å². The van der Waals surface area contributed by atoms with Crippen molar-refractivity contribution in [1.82, 2.24) is 18.9 Å². The Bertz CT molecular complexity index is 1630. The molecule has 0 spiro atoms. The third-order valence-electron chi connectivity index (χ3n) is 11.7. The van der Waals surface area contributed by atoms with Gasteiger partial charge in [-0.05, 0) is 37.8 Å². The van der Waals surface area contributed by atoms with Gasteiger partial charge in [0.1, 0.15) is 13.1 Å². The smallest absolute Gasteiger partial charge is 0.242 e. The van der Waals surface area contributed by atoms with Gasteiger partial charge in [0.15, 0.2) is 11.5 Å². The lowest BCUT2D eigenvalue weighted by Gasteiger charge is -2.25. The largest absolute Gasteiger partial charge is 0.503 e. The van der Waals surface area contributed by atoms with Crippen LogP contribution in [0.15, 0.2) is 34.1 Å². The van der Waals surface area contributed by atoms with E-state index in [0.29, 0.717) is 37.2 Å². The molecule has 0 saturated carbocycles. The number of benzene rings is 1. The highest BCUT2D eigenvalue weighted by Gasteiger charge is 2.21. The van der Waals surface area contributed by atoms with Gasteiger partial charge < -0.3 is 29.1 Å². The molecule has 10 nitrogen and oxygen atoms in total. The highest BCUT2D eigenvalue weighted by atomic mass is 16.3. The molecule has 10 heteroatoms. The maximum Gasteiger partial charge on any atom is 0.242 e. The fourth-order valence-electron chi connectivity index (χ4n) is 8.05. The zero-order valence-electron chi connectivity index (χ0n) is 36.8. The number of carbonyl (C=O) groups is 2. The van der Waals surface area contributed by atoms with Crippen molar-refractivity contribution in [3.8, 4) is 11.5 Å². The molecule has 0 aliphatic carbocycles. The predicted molar refractivity (Wildman–Crippen MR) is 240 cm³/mol. The topological polar surface area (TPSA) is 125 Å². The molecular weight excluding hydrogens is 729 g/mol. The summed E-state index contributed by atoms with van der Waals surface area (Å²) in [6, 6.07) is 3.05. The number of hydrogen-bond acceptors (Lipinski definition) is 6. The van der Waals surface area contributed by atoms with Crippen LogP contribution in [0.2, 0.25) is 0 Å². The molecule has 0 aliphatic rings. The second-order valence-corrected chi connectivity index (χ2v) is 16.7. The number of amides is 2. The Kier molecular flexibility index (Phi) is 23.3. The molecule has 0 fully saturated rings. The SMILES string of the molecule is CCCCCCCCN(CCCCCCCC)C(=O)Cn1cc(O)c(=O)c2cc3c(=O)c(O)cn(CC(=O)N(CCCCCCCC)CCCCCCCC)c3cc21. The van der Waals surface area contributed by atoms with Gasteiger partial charge in [0.05, 0.1) is 34.2 Å². The van der Waals surface area contributed by atoms with Crippen LogP contribution >= 0.6 is 0 Å². The number of pyridine rings is 2. The van der Waals surface area contributed by atoms with Crippen LogP contribution in [0.4, 0.5) is 0 Å². The van der Waals surface area contributed by atoms with E-state index in [1.807, 2.05) is 9.80 Å². The second kappa shape index (κ2) is 27.8. The van der Waals surface area contributed by atoms with Gasteiger partial charge in [0, 0.05) is 26.2 Å². The Morgan fingerprint density at radius 3 is 1.02 bits per heavy atom. The van der Waals surface area contributed by atoms with Crippen molar-refractivity contribution >= 4 is 33.6 Å². The number of unbranched alkanes of at least 4 members (excludes halogenated alkanes) is 20. The Balaban J connectivity index is 1.93. The maximum absolute atomic E-state index is 14.1. The summed E-state index contributed by atoms with van der Waals surface area (Å²) < 4.78 is 3.19. The zero-order chi connectivity index (χ0) is 42.1. The van der Waals surface area contributed by atoms with E-state index in [1.54, 1.807) is 15.2 Å². The molecule has 2 heterocycles. The summed E-state index contributed by atoms with van der Waals surface area (Å²) in [5.74, 6) is -1.22. The summed E-state index contributed by atoms with van der Waals surface area (Å²) in [7, 11) is 0. The molecule has 0 atom stereocenters. The van der Waals surface area contributed by atoms with Crippen LogP contribution in [-0.2, 0) is 22.7 Å². The Hall–Kier alpha value is -3.82. The number of rotatable bonds is 32. The summed E-state index contributed by atoms with van der Waals surface area (Å²) >= 11 is 0. The molecule has 3 aromatic rings. The third-order valence-corrected chi connectivity index (χ3v) is 11.7. The first-order chi connectivity index (χ1) is 28.2. The lowest BCUT2D eigenvalue weighted by Crippen LogP contribution is -2.36. The summed E-state index contributed by atoms with van der Waals surface area (Å²) in [5.41, 5.74) is -0.563. The molecule has 3 rings (SSSR count). The average molecular weight is 807 g/mol. The second-order valence-electron chi connectivity index (χ2n) is 16.7. The van der Waals surface area contributed by atoms with E-state index in [4.69, 9.17) is 0 Å². The summed E-state index contributed by atoms with van der Waals surface area (Å²) in [5, 5.41) is 21.7. The van der Waals surface area contributed by atoms with Crippen molar-refractivity contribution < 1.29 is 19.8 Å². The van der Waals surface area contributed by atoms with Crippen LogP contribution in [-0.4, -0.2) is 67.1 Å². The first-order valence-electron chi connectivity index (χ1n) is 23.3. The lowest BCUT2D eigenvalue weighted by molar-refractivity contribution is -0.132. The Morgan fingerprint density at radius 1 is 0.448 bits per heavy atom. The molecular formula is C48H78N4O6. The molecule has 2 aromatic heterocycles. The molecule has 0 aliphatic heterocycles. The van der Waals surface area contributed by atoms with Crippen molar-refractivity contribution in [3.63, 3.8) is 0 Å². The monoisotopic (exact) mass is 807 g/mol. The van der Waals surface area contributed by atoms with Crippen molar-refractivity contribution in [2.75, 3.05) is 26.2 Å². The van der Waals surface area contributed by atoms with Crippen LogP contribution in [0.5, 0.6) is 11.5 Å². The average Bonchev–Trinajstić information content (AvgIpc) is 3.21. The van der Waals surface area contributed by atoms with E-state index in [2.05, 4.69) is 27.7 Å². The van der Waals surface area contributed by atoms with E-state index in [1.165, 1.54) is 95.5 Å². The minimum absolute atomic E-state index is 0.0760. The van der Waals surface area contributed by atoms with Crippen LogP contribution in [0.25, 0.3) is 21.8 Å². The van der Waals surface area contributed by atoms with Crippen molar-refractivity contribution in [2.45, 2.75) is 195 Å². The maximum atomic E-state index is 14.1. The predicted octanol–water partition coefficient (Wildman–Crippen LogP) is 10.8. The number of nitrogens with zero attached hydrogens (tertiary/aromatic N) is 4. The number of aromatic hydroxyl groups is 2. The van der Waals surface area contributed by atoms with Gasteiger partial charge in [-0.2, -0.15) is 0 Å². The number of fused-ring (bicyclic) bond motifs is 2. The van der Waals surface area contributed by atoms with Crippen molar-refractivity contribution in [2.24, 2.45) is 0 Å². The molecule has 0 bridgehead atoms. The highest BCUT2D eigenvalue weighted by molar-refractivity contribution is 5.97. The Labute approximate surface area is 349 Å². The summed E-state index contributed by atoms with van der Waals surface area (Å²) in [4.78, 5) is 58.7. The Morgan fingerprint density at radius 2 is 0.724 bits per heavy atom. The first-order valence-corrected chi connectivity index (χ1v) is 23.3. The molecule has 2 N–H and O–H groups in total. The molecule has 1 aromatic carbocycles. The normalized spacial score (nSPS) is 11.5. The van der Waals surface area contributed by atoms with Gasteiger partial charge in [0.2, 0.25) is 22.7 Å². The van der Waals surface area contributed by atoms with Gasteiger partial charge in [-0.25, -0.2) is 0 Å². The summed E-state index contributed by atoms with van der Waals surface area (Å²) in [6.45, 7) is 11.2. The molecule has 0 unspecified atom stereocenters. The van der Waals surface area contributed by atoms with Gasteiger partial charge in [-0.3, -0.25) is 19.2 Å². The molecule has 2 amide bonds. The zero-order valence-corrected chi connectivity index (χ0v) is 36.8. The van der Waals surface area contributed by atoms with Crippen molar-refractivity contribution in [3.05, 3.63) is 45.0 Å². The quantitative estimate of drug-likeness (QED) is 0.0478. The molecule has 58 heavy (non-hydrogen) atoms. The van der Waals surface area contributed by atoms with Crippen LogP contribution in [0.3, 0.4) is 0 Å². The van der Waals surface area contributed by atoms with Gasteiger partial charge in [-0.15, -0.1) is 0 Å². The number of carbonyl (C=O) groups excluding carboxylic acids is 2. The van der Waals surface area contributed by atoms with Crippen molar-refractivity contribution in [1.29, 1.82) is 0 Å².